The van der Waals surface area contributed by atoms with Crippen LogP contribution in [-0.4, -0.2) is 39.6 Å². The van der Waals surface area contributed by atoms with E-state index in [1.807, 2.05) is 12.1 Å². The highest BCUT2D eigenvalue weighted by atomic mass is 32.2. The molecule has 1 heterocycles. The molecule has 3 rings (SSSR count). The Morgan fingerprint density at radius 1 is 1.24 bits per heavy atom. The minimum atomic E-state index is -3.82. The zero-order valence-corrected chi connectivity index (χ0v) is 14.8. The number of benzene rings is 2. The lowest BCUT2D eigenvalue weighted by Crippen LogP contribution is -2.38. The molecule has 0 saturated carbocycles. The second-order valence-electron chi connectivity index (χ2n) is 5.94. The highest BCUT2D eigenvalue weighted by Crippen LogP contribution is 2.24. The molecule has 1 unspecified atom stereocenters. The van der Waals surface area contributed by atoms with Crippen LogP contribution in [0.5, 0.6) is 0 Å². The average molecular weight is 364 g/mol. The van der Waals surface area contributed by atoms with Gasteiger partial charge < -0.3 is 4.74 Å². The Labute approximate surface area is 147 Å². The fourth-order valence-electron chi connectivity index (χ4n) is 2.81. The van der Waals surface area contributed by atoms with Gasteiger partial charge in [0.15, 0.2) is 0 Å². The number of halogens is 1. The molecule has 0 aromatic heterocycles. The standard InChI is InChI=1S/C18H21FN2O3S/c1-2-21-10-11-24-18(13-21)14-6-8-16(9-7-14)20-25(22,23)17-5-3-4-15(19)12-17/h3-9,12,18,20H,2,10-11,13H2,1H3. The molecule has 7 heteroatoms. The van der Waals surface area contributed by atoms with Crippen LogP contribution in [0.25, 0.3) is 0 Å². The van der Waals surface area contributed by atoms with E-state index in [9.17, 15) is 12.8 Å². The maximum absolute atomic E-state index is 13.2. The van der Waals surface area contributed by atoms with Crippen molar-refractivity contribution in [2.24, 2.45) is 0 Å². The molecule has 1 fully saturated rings. The molecule has 25 heavy (non-hydrogen) atoms. The van der Waals surface area contributed by atoms with Gasteiger partial charge in [0.05, 0.1) is 17.6 Å². The van der Waals surface area contributed by atoms with E-state index >= 15 is 0 Å². The quantitative estimate of drug-likeness (QED) is 0.886. The Morgan fingerprint density at radius 3 is 2.68 bits per heavy atom. The highest BCUT2D eigenvalue weighted by molar-refractivity contribution is 7.92. The van der Waals surface area contributed by atoms with Crippen LogP contribution in [-0.2, 0) is 14.8 Å². The highest BCUT2D eigenvalue weighted by Gasteiger charge is 2.21. The van der Waals surface area contributed by atoms with Crippen LogP contribution in [0.2, 0.25) is 0 Å². The van der Waals surface area contributed by atoms with Crippen LogP contribution in [0.15, 0.2) is 53.4 Å². The van der Waals surface area contributed by atoms with Crippen molar-refractivity contribution < 1.29 is 17.5 Å². The number of likely N-dealkylation sites (N-methyl/N-ethyl adjacent to an activating group) is 1. The maximum atomic E-state index is 13.2. The van der Waals surface area contributed by atoms with Crippen molar-refractivity contribution in [3.8, 4) is 0 Å². The summed E-state index contributed by atoms with van der Waals surface area (Å²) >= 11 is 0. The number of morpholine rings is 1. The lowest BCUT2D eigenvalue weighted by atomic mass is 10.1. The van der Waals surface area contributed by atoms with E-state index in [4.69, 9.17) is 4.74 Å². The first-order valence-electron chi connectivity index (χ1n) is 8.20. The summed E-state index contributed by atoms with van der Waals surface area (Å²) < 4.78 is 46.1. The van der Waals surface area contributed by atoms with Crippen molar-refractivity contribution in [2.45, 2.75) is 17.9 Å². The van der Waals surface area contributed by atoms with Gasteiger partial charge in [0.2, 0.25) is 0 Å². The molecule has 1 N–H and O–H groups in total. The van der Waals surface area contributed by atoms with Gasteiger partial charge in [0.1, 0.15) is 5.82 Å². The van der Waals surface area contributed by atoms with E-state index < -0.39 is 15.8 Å². The fourth-order valence-corrected chi connectivity index (χ4v) is 3.90. The van der Waals surface area contributed by atoms with Crippen molar-refractivity contribution in [2.75, 3.05) is 31.0 Å². The summed E-state index contributed by atoms with van der Waals surface area (Å²) in [5, 5.41) is 0. The lowest BCUT2D eigenvalue weighted by molar-refractivity contribution is -0.0281. The van der Waals surface area contributed by atoms with E-state index in [1.54, 1.807) is 12.1 Å². The average Bonchev–Trinajstić information content (AvgIpc) is 2.62. The van der Waals surface area contributed by atoms with Gasteiger partial charge in [0.25, 0.3) is 10.0 Å². The van der Waals surface area contributed by atoms with Crippen molar-refractivity contribution in [3.05, 3.63) is 59.9 Å². The second kappa shape index (κ2) is 7.51. The van der Waals surface area contributed by atoms with Crippen LogP contribution in [0.4, 0.5) is 10.1 Å². The van der Waals surface area contributed by atoms with Gasteiger partial charge in [-0.3, -0.25) is 9.62 Å². The van der Waals surface area contributed by atoms with Crippen molar-refractivity contribution in [1.29, 1.82) is 0 Å². The predicted octanol–water partition coefficient (Wildman–Crippen LogP) is 3.02. The molecule has 1 saturated heterocycles. The Kier molecular flexibility index (Phi) is 5.36. The molecule has 0 aliphatic carbocycles. The smallest absolute Gasteiger partial charge is 0.261 e. The Hall–Kier alpha value is -1.96. The van der Waals surface area contributed by atoms with E-state index in [0.29, 0.717) is 12.3 Å². The number of anilines is 1. The van der Waals surface area contributed by atoms with Gasteiger partial charge in [-0.1, -0.05) is 25.1 Å². The third-order valence-corrected chi connectivity index (χ3v) is 5.62. The third-order valence-electron chi connectivity index (χ3n) is 4.24. The molecular formula is C18H21FN2O3S. The summed E-state index contributed by atoms with van der Waals surface area (Å²) in [5.74, 6) is -0.590. The summed E-state index contributed by atoms with van der Waals surface area (Å²) in [4.78, 5) is 2.21. The summed E-state index contributed by atoms with van der Waals surface area (Å²) in [6.07, 6.45) is -0.0115. The van der Waals surface area contributed by atoms with Crippen LogP contribution in [0.3, 0.4) is 0 Å². The fraction of sp³-hybridized carbons (Fsp3) is 0.333. The second-order valence-corrected chi connectivity index (χ2v) is 7.62. The van der Waals surface area contributed by atoms with E-state index in [-0.39, 0.29) is 11.0 Å². The minimum absolute atomic E-state index is 0.0115. The van der Waals surface area contributed by atoms with Crippen LogP contribution >= 0.6 is 0 Å². The van der Waals surface area contributed by atoms with Crippen molar-refractivity contribution in [1.82, 2.24) is 4.90 Å². The SMILES string of the molecule is CCN1CCOC(c2ccc(NS(=O)(=O)c3cccc(F)c3)cc2)C1. The molecule has 2 aromatic carbocycles. The first-order valence-corrected chi connectivity index (χ1v) is 9.68. The number of nitrogens with one attached hydrogen (secondary N) is 1. The number of ether oxygens (including phenoxy) is 1. The number of hydrogen-bond acceptors (Lipinski definition) is 4. The first kappa shape index (κ1) is 17.8. The van der Waals surface area contributed by atoms with E-state index in [2.05, 4.69) is 16.5 Å². The summed E-state index contributed by atoms with van der Waals surface area (Å²) in [7, 11) is -3.82. The summed E-state index contributed by atoms with van der Waals surface area (Å²) in [6.45, 7) is 5.54. The lowest BCUT2D eigenvalue weighted by Gasteiger charge is -2.32. The van der Waals surface area contributed by atoms with Crippen molar-refractivity contribution >= 4 is 15.7 Å². The Bertz CT molecular complexity index is 824. The number of nitrogens with zero attached hydrogens (tertiary/aromatic N) is 1. The van der Waals surface area contributed by atoms with Gasteiger partial charge in [-0.2, -0.15) is 0 Å². The number of hydrogen-bond donors (Lipinski definition) is 1. The molecule has 134 valence electrons. The van der Waals surface area contributed by atoms with E-state index in [1.165, 1.54) is 18.2 Å². The topological polar surface area (TPSA) is 58.6 Å². The van der Waals surface area contributed by atoms with Gasteiger partial charge in [0, 0.05) is 18.8 Å². The van der Waals surface area contributed by atoms with Crippen LogP contribution in [0.1, 0.15) is 18.6 Å². The Balaban J connectivity index is 1.72. The van der Waals surface area contributed by atoms with Gasteiger partial charge >= 0.3 is 0 Å². The molecule has 5 nitrogen and oxygen atoms in total. The van der Waals surface area contributed by atoms with Crippen LogP contribution < -0.4 is 4.72 Å². The van der Waals surface area contributed by atoms with Crippen molar-refractivity contribution in [3.63, 3.8) is 0 Å². The molecule has 1 aliphatic heterocycles. The van der Waals surface area contributed by atoms with Gasteiger partial charge in [-0.25, -0.2) is 12.8 Å². The molecule has 2 aromatic rings. The minimum Gasteiger partial charge on any atom is -0.371 e. The number of sulfonamides is 1. The molecule has 1 atom stereocenters. The maximum Gasteiger partial charge on any atom is 0.261 e. The largest absolute Gasteiger partial charge is 0.371 e. The first-order chi connectivity index (χ1) is 12.0. The van der Waals surface area contributed by atoms with Gasteiger partial charge in [-0.15, -0.1) is 0 Å². The summed E-state index contributed by atoms with van der Waals surface area (Å²) in [5.41, 5.74) is 1.43. The third kappa shape index (κ3) is 4.36. The zero-order valence-electron chi connectivity index (χ0n) is 14.0. The molecule has 0 bridgehead atoms. The Morgan fingerprint density at radius 2 is 2.00 bits per heavy atom. The molecule has 1 aliphatic rings. The van der Waals surface area contributed by atoms with E-state index in [0.717, 1.165) is 31.3 Å². The number of rotatable bonds is 5. The molecular weight excluding hydrogens is 343 g/mol. The molecule has 0 spiro atoms. The molecule has 0 radical (unpaired) electrons. The molecule has 0 amide bonds. The summed E-state index contributed by atoms with van der Waals surface area (Å²) in [6, 6.07) is 12.0. The van der Waals surface area contributed by atoms with Crippen LogP contribution in [0, 0.1) is 5.82 Å². The monoisotopic (exact) mass is 364 g/mol. The predicted molar refractivity (Wildman–Crippen MR) is 94.5 cm³/mol. The van der Waals surface area contributed by atoms with Gasteiger partial charge in [-0.05, 0) is 42.4 Å². The zero-order chi connectivity index (χ0) is 17.9. The normalized spacial score (nSPS) is 18.9.